The molecule has 0 saturated heterocycles. The lowest BCUT2D eigenvalue weighted by molar-refractivity contribution is -0.123. The number of carbonyl (C=O) groups excluding carboxylic acids is 1. The maximum absolute atomic E-state index is 12.5. The van der Waals surface area contributed by atoms with E-state index in [0.29, 0.717) is 6.42 Å². The van der Waals surface area contributed by atoms with Gasteiger partial charge in [-0.2, -0.15) is 0 Å². The Labute approximate surface area is 409 Å². The Hall–Kier alpha value is -1.13. The highest BCUT2D eigenvalue weighted by Gasteiger charge is 2.18. The van der Waals surface area contributed by atoms with Crippen molar-refractivity contribution in [2.45, 2.75) is 353 Å². The third kappa shape index (κ3) is 53.7. The Balaban J connectivity index is 3.45. The van der Waals surface area contributed by atoms with Gasteiger partial charge in [0.15, 0.2) is 0 Å². The van der Waals surface area contributed by atoms with Crippen LogP contribution >= 0.6 is 0 Å². The van der Waals surface area contributed by atoms with Crippen molar-refractivity contribution >= 4 is 5.91 Å². The summed E-state index contributed by atoms with van der Waals surface area (Å²) in [7, 11) is 0. The van der Waals surface area contributed by atoms with Crippen LogP contribution in [0, 0.1) is 0 Å². The molecule has 0 aromatic carbocycles. The van der Waals surface area contributed by atoms with E-state index in [1.807, 2.05) is 6.08 Å². The Morgan fingerprint density at radius 2 is 0.585 bits per heavy atom. The minimum Gasteiger partial charge on any atom is -0.394 e. The van der Waals surface area contributed by atoms with Gasteiger partial charge >= 0.3 is 0 Å². The molecule has 0 aliphatic carbocycles. The molecule has 2 unspecified atom stereocenters. The van der Waals surface area contributed by atoms with Gasteiger partial charge in [-0.1, -0.05) is 314 Å². The fourth-order valence-corrected chi connectivity index (χ4v) is 9.59. The van der Waals surface area contributed by atoms with Crippen LogP contribution in [0.25, 0.3) is 0 Å². The summed E-state index contributed by atoms with van der Waals surface area (Å²) in [6.07, 6.45) is 76.5. The van der Waals surface area contributed by atoms with Crippen molar-refractivity contribution in [2.75, 3.05) is 6.61 Å². The van der Waals surface area contributed by atoms with Gasteiger partial charge in [0.05, 0.1) is 18.8 Å². The fourth-order valence-electron chi connectivity index (χ4n) is 9.59. The zero-order valence-electron chi connectivity index (χ0n) is 44.5. The first-order valence-electron chi connectivity index (χ1n) is 30.1. The molecule has 0 aliphatic rings. The third-order valence-corrected chi connectivity index (χ3v) is 14.2. The van der Waals surface area contributed by atoms with Gasteiger partial charge in [-0.05, 0) is 44.9 Å². The number of amides is 1. The van der Waals surface area contributed by atoms with Crippen LogP contribution < -0.4 is 5.32 Å². The normalized spacial score (nSPS) is 12.9. The third-order valence-electron chi connectivity index (χ3n) is 14.2. The summed E-state index contributed by atoms with van der Waals surface area (Å²) in [5, 5.41) is 23.2. The summed E-state index contributed by atoms with van der Waals surface area (Å²) in [6.45, 7) is 4.35. The van der Waals surface area contributed by atoms with Crippen LogP contribution in [0.4, 0.5) is 0 Å². The SMILES string of the molecule is CCCCCCCCCCCCCC/C=C\CCCCCCCCCCCCCCCCC(=O)NC(CO)C(O)/C=C/CCCCCCCCCCCCCCCCCCCCCCC. The lowest BCUT2D eigenvalue weighted by Crippen LogP contribution is -2.45. The molecule has 0 aliphatic heterocycles. The van der Waals surface area contributed by atoms with Crippen LogP contribution in [0.2, 0.25) is 0 Å². The highest BCUT2D eigenvalue weighted by atomic mass is 16.3. The molecule has 4 nitrogen and oxygen atoms in total. The smallest absolute Gasteiger partial charge is 0.220 e. The number of carbonyl (C=O) groups is 1. The van der Waals surface area contributed by atoms with Gasteiger partial charge in [0.1, 0.15) is 0 Å². The van der Waals surface area contributed by atoms with Gasteiger partial charge in [0.25, 0.3) is 0 Å². The molecule has 0 rings (SSSR count). The second-order valence-corrected chi connectivity index (χ2v) is 20.8. The van der Waals surface area contributed by atoms with Crippen molar-refractivity contribution in [3.63, 3.8) is 0 Å². The van der Waals surface area contributed by atoms with Crippen LogP contribution in [-0.2, 0) is 4.79 Å². The Morgan fingerprint density at radius 3 is 0.846 bits per heavy atom. The number of nitrogens with one attached hydrogen (secondary N) is 1. The number of hydrogen-bond donors (Lipinski definition) is 3. The predicted octanol–water partition coefficient (Wildman–Crippen LogP) is 19.9. The number of allylic oxidation sites excluding steroid dienone is 3. The summed E-state index contributed by atoms with van der Waals surface area (Å²) >= 11 is 0. The quantitative estimate of drug-likeness (QED) is 0.0421. The van der Waals surface area contributed by atoms with Crippen molar-refractivity contribution in [3.8, 4) is 0 Å². The van der Waals surface area contributed by atoms with Gasteiger partial charge in [-0.3, -0.25) is 4.79 Å². The molecule has 0 spiro atoms. The van der Waals surface area contributed by atoms with Gasteiger partial charge < -0.3 is 15.5 Å². The Bertz CT molecular complexity index is 947. The molecule has 0 radical (unpaired) electrons. The monoisotopic (exact) mass is 914 g/mol. The van der Waals surface area contributed by atoms with Crippen molar-refractivity contribution in [3.05, 3.63) is 24.3 Å². The molecule has 0 saturated carbocycles. The second-order valence-electron chi connectivity index (χ2n) is 20.8. The minimum atomic E-state index is -0.838. The molecule has 1 amide bonds. The standard InChI is InChI=1S/C61H119NO3/c1-3-5-7-9-11-13-15-17-19-21-23-25-27-28-29-30-31-32-33-35-37-39-41-43-45-47-49-51-53-55-57-61(65)62-59(58-63)60(64)56-54-52-50-48-46-44-42-40-38-36-34-26-24-22-20-18-16-14-12-10-8-6-4-2/h28-29,54,56,59-60,63-64H,3-27,30-53,55,57-58H2,1-2H3,(H,62,65)/b29-28-,56-54+. The zero-order valence-corrected chi connectivity index (χ0v) is 44.5. The van der Waals surface area contributed by atoms with Crippen LogP contribution in [0.3, 0.4) is 0 Å². The fraction of sp³-hybridized carbons (Fsp3) is 0.918. The number of hydrogen-bond acceptors (Lipinski definition) is 3. The van der Waals surface area contributed by atoms with Gasteiger partial charge in [-0.25, -0.2) is 0 Å². The first-order valence-corrected chi connectivity index (χ1v) is 30.1. The van der Waals surface area contributed by atoms with E-state index in [-0.39, 0.29) is 12.5 Å². The van der Waals surface area contributed by atoms with E-state index in [0.717, 1.165) is 25.7 Å². The van der Waals surface area contributed by atoms with Gasteiger partial charge in [0, 0.05) is 6.42 Å². The van der Waals surface area contributed by atoms with Crippen molar-refractivity contribution in [2.24, 2.45) is 0 Å². The summed E-state index contributed by atoms with van der Waals surface area (Å²) in [6, 6.07) is -0.621. The Kier molecular flexibility index (Phi) is 56.2. The topological polar surface area (TPSA) is 69.6 Å². The molecule has 2 atom stereocenters. The zero-order chi connectivity index (χ0) is 47.0. The predicted molar refractivity (Wildman–Crippen MR) is 290 cm³/mol. The van der Waals surface area contributed by atoms with Crippen molar-refractivity contribution < 1.29 is 15.0 Å². The second kappa shape index (κ2) is 57.2. The van der Waals surface area contributed by atoms with Crippen LogP contribution in [0.15, 0.2) is 24.3 Å². The molecule has 0 aromatic rings. The lowest BCUT2D eigenvalue weighted by Gasteiger charge is -2.20. The largest absolute Gasteiger partial charge is 0.394 e. The minimum absolute atomic E-state index is 0.0575. The van der Waals surface area contributed by atoms with E-state index in [1.54, 1.807) is 6.08 Å². The highest BCUT2D eigenvalue weighted by molar-refractivity contribution is 5.76. The number of aliphatic hydroxyl groups is 2. The van der Waals surface area contributed by atoms with E-state index in [4.69, 9.17) is 0 Å². The summed E-state index contributed by atoms with van der Waals surface area (Å²) in [5.74, 6) is -0.0575. The van der Waals surface area contributed by atoms with Crippen LogP contribution in [-0.4, -0.2) is 34.9 Å². The molecule has 0 bridgehead atoms. The van der Waals surface area contributed by atoms with E-state index in [9.17, 15) is 15.0 Å². The molecule has 65 heavy (non-hydrogen) atoms. The van der Waals surface area contributed by atoms with E-state index < -0.39 is 12.1 Å². The maximum atomic E-state index is 12.5. The average Bonchev–Trinajstić information content (AvgIpc) is 3.31. The molecule has 0 aromatic heterocycles. The van der Waals surface area contributed by atoms with Crippen molar-refractivity contribution in [1.29, 1.82) is 0 Å². The van der Waals surface area contributed by atoms with E-state index in [1.165, 1.54) is 295 Å². The number of aliphatic hydroxyl groups excluding tert-OH is 2. The molecule has 4 heteroatoms. The first kappa shape index (κ1) is 63.9. The Morgan fingerprint density at radius 1 is 0.354 bits per heavy atom. The van der Waals surface area contributed by atoms with Gasteiger partial charge in [0.2, 0.25) is 5.91 Å². The molecule has 386 valence electrons. The lowest BCUT2D eigenvalue weighted by atomic mass is 10.0. The van der Waals surface area contributed by atoms with Crippen molar-refractivity contribution in [1.82, 2.24) is 5.32 Å². The summed E-state index contributed by atoms with van der Waals surface area (Å²) in [4.78, 5) is 12.5. The summed E-state index contributed by atoms with van der Waals surface area (Å²) < 4.78 is 0. The number of unbranched alkanes of at least 4 members (excludes halogenated alkanes) is 47. The average molecular weight is 915 g/mol. The molecular weight excluding hydrogens is 795 g/mol. The summed E-state index contributed by atoms with van der Waals surface area (Å²) in [5.41, 5.74) is 0. The van der Waals surface area contributed by atoms with Gasteiger partial charge in [-0.15, -0.1) is 0 Å². The maximum Gasteiger partial charge on any atom is 0.220 e. The molecular formula is C61H119NO3. The van der Waals surface area contributed by atoms with E-state index in [2.05, 4.69) is 31.3 Å². The molecule has 0 heterocycles. The molecule has 0 fully saturated rings. The van der Waals surface area contributed by atoms with Crippen LogP contribution in [0.5, 0.6) is 0 Å². The van der Waals surface area contributed by atoms with E-state index >= 15 is 0 Å². The molecule has 3 N–H and O–H groups in total. The van der Waals surface area contributed by atoms with Crippen LogP contribution in [0.1, 0.15) is 341 Å². The number of rotatable bonds is 56. The highest BCUT2D eigenvalue weighted by Crippen LogP contribution is 2.18. The first-order chi connectivity index (χ1) is 32.2.